The van der Waals surface area contributed by atoms with Crippen LogP contribution in [-0.2, 0) is 6.61 Å². The second-order valence-corrected chi connectivity index (χ2v) is 4.37. The molecule has 1 atom stereocenters. The average molecular weight is 206 g/mol. The minimum atomic E-state index is 0.0961. The van der Waals surface area contributed by atoms with Gasteiger partial charge >= 0.3 is 0 Å². The van der Waals surface area contributed by atoms with Crippen LogP contribution in [0, 0.1) is 5.92 Å². The Kier molecular flexibility index (Phi) is 3.21. The molecule has 0 amide bonds. The maximum atomic E-state index is 9.07. The zero-order chi connectivity index (χ0) is 10.7. The molecular formula is C12H18N2O. The van der Waals surface area contributed by atoms with Crippen molar-refractivity contribution in [2.24, 2.45) is 5.92 Å². The molecule has 0 aromatic carbocycles. The summed E-state index contributed by atoms with van der Waals surface area (Å²) in [6.45, 7) is 4.55. The second kappa shape index (κ2) is 4.62. The molecule has 1 aliphatic heterocycles. The standard InChI is InChI=1S/C12H18N2O/c1-10-3-2-6-14(8-10)12-7-11(9-15)4-5-13-12/h4-5,7,10,15H,2-3,6,8-9H2,1H3. The first kappa shape index (κ1) is 10.4. The van der Waals surface area contributed by atoms with E-state index in [-0.39, 0.29) is 6.61 Å². The van der Waals surface area contributed by atoms with E-state index in [2.05, 4.69) is 16.8 Å². The highest BCUT2D eigenvalue weighted by molar-refractivity contribution is 5.41. The number of aromatic nitrogens is 1. The minimum absolute atomic E-state index is 0.0961. The van der Waals surface area contributed by atoms with Crippen LogP contribution in [0.3, 0.4) is 0 Å². The molecule has 1 fully saturated rings. The van der Waals surface area contributed by atoms with E-state index in [0.717, 1.165) is 30.4 Å². The molecule has 82 valence electrons. The maximum Gasteiger partial charge on any atom is 0.128 e. The third-order valence-corrected chi connectivity index (χ3v) is 2.97. The molecule has 1 aromatic rings. The topological polar surface area (TPSA) is 36.4 Å². The summed E-state index contributed by atoms with van der Waals surface area (Å²) in [6, 6.07) is 3.84. The summed E-state index contributed by atoms with van der Waals surface area (Å²) < 4.78 is 0. The Morgan fingerprint density at radius 3 is 3.20 bits per heavy atom. The number of hydrogen-bond donors (Lipinski definition) is 1. The zero-order valence-electron chi connectivity index (χ0n) is 9.19. The van der Waals surface area contributed by atoms with Gasteiger partial charge in [-0.25, -0.2) is 4.98 Å². The summed E-state index contributed by atoms with van der Waals surface area (Å²) in [5.41, 5.74) is 0.943. The van der Waals surface area contributed by atoms with Crippen molar-refractivity contribution in [3.05, 3.63) is 23.9 Å². The van der Waals surface area contributed by atoms with E-state index in [1.165, 1.54) is 12.8 Å². The summed E-state index contributed by atoms with van der Waals surface area (Å²) in [4.78, 5) is 6.67. The molecule has 3 heteroatoms. The summed E-state index contributed by atoms with van der Waals surface area (Å²) in [5, 5.41) is 9.07. The van der Waals surface area contributed by atoms with Crippen molar-refractivity contribution in [1.82, 2.24) is 4.98 Å². The van der Waals surface area contributed by atoms with Gasteiger partial charge in [-0.15, -0.1) is 0 Å². The van der Waals surface area contributed by atoms with Gasteiger partial charge in [0.1, 0.15) is 5.82 Å². The van der Waals surface area contributed by atoms with Gasteiger partial charge in [0.15, 0.2) is 0 Å². The number of piperidine rings is 1. The normalized spacial score (nSPS) is 21.7. The molecule has 2 rings (SSSR count). The van der Waals surface area contributed by atoms with Crippen molar-refractivity contribution >= 4 is 5.82 Å². The zero-order valence-corrected chi connectivity index (χ0v) is 9.19. The first-order valence-corrected chi connectivity index (χ1v) is 5.60. The van der Waals surface area contributed by atoms with E-state index in [0.29, 0.717) is 0 Å². The van der Waals surface area contributed by atoms with Crippen molar-refractivity contribution in [2.75, 3.05) is 18.0 Å². The fraction of sp³-hybridized carbons (Fsp3) is 0.583. The molecule has 15 heavy (non-hydrogen) atoms. The minimum Gasteiger partial charge on any atom is -0.392 e. The van der Waals surface area contributed by atoms with Crippen LogP contribution in [0.5, 0.6) is 0 Å². The summed E-state index contributed by atoms with van der Waals surface area (Å²) in [5.74, 6) is 1.76. The molecule has 0 spiro atoms. The largest absolute Gasteiger partial charge is 0.392 e. The number of hydrogen-bond acceptors (Lipinski definition) is 3. The van der Waals surface area contributed by atoms with Crippen LogP contribution in [0.4, 0.5) is 5.82 Å². The summed E-state index contributed by atoms with van der Waals surface area (Å²) in [6.07, 6.45) is 4.34. The number of nitrogens with zero attached hydrogens (tertiary/aromatic N) is 2. The fourth-order valence-electron chi connectivity index (χ4n) is 2.13. The number of rotatable bonds is 2. The Bertz CT molecular complexity index is 327. The van der Waals surface area contributed by atoms with Crippen LogP contribution in [0.15, 0.2) is 18.3 Å². The lowest BCUT2D eigenvalue weighted by atomic mass is 10.0. The van der Waals surface area contributed by atoms with Crippen molar-refractivity contribution in [3.8, 4) is 0 Å². The fourth-order valence-corrected chi connectivity index (χ4v) is 2.13. The van der Waals surface area contributed by atoms with Gasteiger partial charge in [0, 0.05) is 19.3 Å². The predicted octanol–water partition coefficient (Wildman–Crippen LogP) is 1.81. The molecule has 1 N–H and O–H groups in total. The van der Waals surface area contributed by atoms with Gasteiger partial charge in [0.2, 0.25) is 0 Å². The third kappa shape index (κ3) is 2.48. The van der Waals surface area contributed by atoms with Crippen molar-refractivity contribution in [1.29, 1.82) is 0 Å². The van der Waals surface area contributed by atoms with Gasteiger partial charge < -0.3 is 10.0 Å². The number of aliphatic hydroxyl groups excluding tert-OH is 1. The van der Waals surface area contributed by atoms with Crippen LogP contribution >= 0.6 is 0 Å². The smallest absolute Gasteiger partial charge is 0.128 e. The number of anilines is 1. The molecule has 0 radical (unpaired) electrons. The van der Waals surface area contributed by atoms with Crippen LogP contribution in [0.25, 0.3) is 0 Å². The Labute approximate surface area is 90.8 Å². The Morgan fingerprint density at radius 2 is 2.47 bits per heavy atom. The highest BCUT2D eigenvalue weighted by atomic mass is 16.3. The van der Waals surface area contributed by atoms with Crippen molar-refractivity contribution in [3.63, 3.8) is 0 Å². The van der Waals surface area contributed by atoms with Crippen LogP contribution in [0.1, 0.15) is 25.3 Å². The lowest BCUT2D eigenvalue weighted by Gasteiger charge is -2.31. The molecule has 0 aliphatic carbocycles. The van der Waals surface area contributed by atoms with E-state index in [1.54, 1.807) is 6.20 Å². The third-order valence-electron chi connectivity index (χ3n) is 2.97. The van der Waals surface area contributed by atoms with Crippen molar-refractivity contribution in [2.45, 2.75) is 26.4 Å². The molecule has 3 nitrogen and oxygen atoms in total. The predicted molar refractivity (Wildman–Crippen MR) is 60.8 cm³/mol. The molecule has 2 heterocycles. The maximum absolute atomic E-state index is 9.07. The quantitative estimate of drug-likeness (QED) is 0.801. The summed E-state index contributed by atoms with van der Waals surface area (Å²) >= 11 is 0. The van der Waals surface area contributed by atoms with Gasteiger partial charge in [-0.2, -0.15) is 0 Å². The lowest BCUT2D eigenvalue weighted by Crippen LogP contribution is -2.34. The number of aliphatic hydroxyl groups is 1. The highest BCUT2D eigenvalue weighted by Gasteiger charge is 2.17. The average Bonchev–Trinajstić information content (AvgIpc) is 2.29. The van der Waals surface area contributed by atoms with Gasteiger partial charge in [0.05, 0.1) is 6.61 Å². The molecule has 0 bridgehead atoms. The molecular weight excluding hydrogens is 188 g/mol. The Morgan fingerprint density at radius 1 is 1.60 bits per heavy atom. The Balaban J connectivity index is 2.13. The van der Waals surface area contributed by atoms with E-state index >= 15 is 0 Å². The van der Waals surface area contributed by atoms with Crippen LogP contribution < -0.4 is 4.90 Å². The lowest BCUT2D eigenvalue weighted by molar-refractivity contribution is 0.281. The van der Waals surface area contributed by atoms with E-state index in [4.69, 9.17) is 5.11 Å². The SMILES string of the molecule is CC1CCCN(c2cc(CO)ccn2)C1. The van der Waals surface area contributed by atoms with Gasteiger partial charge in [-0.3, -0.25) is 0 Å². The highest BCUT2D eigenvalue weighted by Crippen LogP contribution is 2.21. The van der Waals surface area contributed by atoms with E-state index in [1.807, 2.05) is 12.1 Å². The van der Waals surface area contributed by atoms with Gasteiger partial charge in [-0.1, -0.05) is 6.92 Å². The van der Waals surface area contributed by atoms with Crippen LogP contribution in [0.2, 0.25) is 0 Å². The Hall–Kier alpha value is -1.09. The first-order valence-electron chi connectivity index (χ1n) is 5.60. The number of pyridine rings is 1. The molecule has 0 saturated carbocycles. The van der Waals surface area contributed by atoms with E-state index < -0.39 is 0 Å². The van der Waals surface area contributed by atoms with Crippen molar-refractivity contribution < 1.29 is 5.11 Å². The molecule has 1 aromatic heterocycles. The van der Waals surface area contributed by atoms with Crippen LogP contribution in [-0.4, -0.2) is 23.2 Å². The molecule has 1 aliphatic rings. The second-order valence-electron chi connectivity index (χ2n) is 4.37. The summed E-state index contributed by atoms with van der Waals surface area (Å²) in [7, 11) is 0. The molecule has 1 saturated heterocycles. The monoisotopic (exact) mass is 206 g/mol. The van der Waals surface area contributed by atoms with E-state index in [9.17, 15) is 0 Å². The van der Waals surface area contributed by atoms with Gasteiger partial charge in [0.25, 0.3) is 0 Å². The first-order chi connectivity index (χ1) is 7.29. The van der Waals surface area contributed by atoms with Gasteiger partial charge in [-0.05, 0) is 36.5 Å². The molecule has 1 unspecified atom stereocenters.